The van der Waals surface area contributed by atoms with Crippen LogP contribution in [0.1, 0.15) is 126 Å². The third-order valence-electron chi connectivity index (χ3n) is 15.9. The Bertz CT molecular complexity index is 3360. The molecule has 0 spiro atoms. The fourth-order valence-corrected chi connectivity index (χ4v) is 11.1. The van der Waals surface area contributed by atoms with E-state index in [0.29, 0.717) is 0 Å². The summed E-state index contributed by atoms with van der Waals surface area (Å²) in [5.74, 6) is -18.6. The topological polar surface area (TPSA) is 584 Å². The molecule has 0 aliphatic carbocycles. The van der Waals surface area contributed by atoms with Gasteiger partial charge in [0.25, 0.3) is 10.0 Å². The zero-order chi connectivity index (χ0) is 77.0. The Morgan fingerprint density at radius 2 is 1.18 bits per heavy atom. The number of nitrogens with one attached hydrogen (secondary N) is 11. The molecule has 0 bridgehead atoms. The highest BCUT2D eigenvalue weighted by atomic mass is 32.2. The molecule has 37 heteroatoms. The number of amides is 12. The summed E-state index contributed by atoms with van der Waals surface area (Å²) >= 11 is 0. The first-order valence-electron chi connectivity index (χ1n) is 33.3. The fraction of sp³-hybridized carbons (Fsp3) is 0.600. The maximum absolute atomic E-state index is 15.7. The van der Waals surface area contributed by atoms with E-state index in [1.54, 1.807) is 60.1 Å². The summed E-state index contributed by atoms with van der Waals surface area (Å²) < 4.78 is 39.4. The minimum Gasteiger partial charge on any atom is -0.453 e. The van der Waals surface area contributed by atoms with Gasteiger partial charge in [0, 0.05) is 6.54 Å². The van der Waals surface area contributed by atoms with E-state index in [-0.39, 0.29) is 62.5 Å². The minimum atomic E-state index is -4.74. The molecule has 15 atom stereocenters. The SMILES string of the molecule is CC[C@H](C)[C@@H]1NC(=O)[C@@H](CCCN=C(N)N)NC(=O)[C@H](CC(C)C)NC(=O)[C@H]([C@H](O)C(C)C)NC(=O)[C@@H](NC(=O)[C@H](CC(C)C)NC(=O)[C@H](N)CC(C)C)[C@@H](c2ccccc2)OC(=O)[C@H](COC(=O)NS(=O)(=O)c2ccccc2)NC(=O)[C@H]([C@H](O)C(N)=O)NC(=O)CNC(=O)[C@H]([C@H](C)O)NC1=O. The molecule has 12 amide bonds. The zero-order valence-corrected chi connectivity index (χ0v) is 59.9. The van der Waals surface area contributed by atoms with Gasteiger partial charge in [-0.3, -0.25) is 57.7 Å². The number of guanidine groups is 1. The number of aliphatic imine (C=N–C) groups is 1. The maximum Gasteiger partial charge on any atom is 0.421 e. The van der Waals surface area contributed by atoms with Gasteiger partial charge in [0.2, 0.25) is 65.0 Å². The van der Waals surface area contributed by atoms with Crippen molar-refractivity contribution in [2.75, 3.05) is 19.7 Å². The number of nitrogens with zero attached hydrogens (tertiary/aromatic N) is 1. The van der Waals surface area contributed by atoms with Gasteiger partial charge >= 0.3 is 12.1 Å². The van der Waals surface area contributed by atoms with Crippen molar-refractivity contribution in [1.29, 1.82) is 0 Å². The van der Waals surface area contributed by atoms with Gasteiger partial charge in [0.05, 0.1) is 29.7 Å². The van der Waals surface area contributed by atoms with Crippen molar-refractivity contribution in [2.45, 2.75) is 204 Å². The van der Waals surface area contributed by atoms with E-state index in [1.807, 2.05) is 10.6 Å². The highest BCUT2D eigenvalue weighted by Gasteiger charge is 2.44. The lowest BCUT2D eigenvalue weighted by Gasteiger charge is -2.34. The summed E-state index contributed by atoms with van der Waals surface area (Å²) in [5.41, 5.74) is 22.6. The van der Waals surface area contributed by atoms with Gasteiger partial charge in [0.15, 0.2) is 24.2 Å². The summed E-state index contributed by atoms with van der Waals surface area (Å²) in [5, 5.41) is 57.8. The normalized spacial score (nSPS) is 23.2. The number of hydrogen-bond acceptors (Lipinski definition) is 22. The van der Waals surface area contributed by atoms with Gasteiger partial charge in [-0.1, -0.05) is 124 Å². The number of primary amides is 1. The molecule has 0 aromatic heterocycles. The van der Waals surface area contributed by atoms with Crippen molar-refractivity contribution in [2.24, 2.45) is 57.5 Å². The van der Waals surface area contributed by atoms with Crippen LogP contribution in [0.4, 0.5) is 4.79 Å². The fourth-order valence-electron chi connectivity index (χ4n) is 10.2. The summed E-state index contributed by atoms with van der Waals surface area (Å²) in [6, 6.07) is -5.86. The van der Waals surface area contributed by atoms with E-state index in [2.05, 4.69) is 47.5 Å². The quantitative estimate of drug-likeness (QED) is 0.0183. The number of aliphatic hydroxyl groups excluding tert-OH is 3. The van der Waals surface area contributed by atoms with Crippen LogP contribution in [0.15, 0.2) is 70.6 Å². The first-order chi connectivity index (χ1) is 47.7. The highest BCUT2D eigenvalue weighted by Crippen LogP contribution is 2.25. The Morgan fingerprint density at radius 3 is 1.73 bits per heavy atom. The number of rotatable bonds is 26. The zero-order valence-electron chi connectivity index (χ0n) is 59.1. The van der Waals surface area contributed by atoms with E-state index in [0.717, 1.165) is 19.1 Å². The van der Waals surface area contributed by atoms with Crippen LogP contribution in [0.25, 0.3) is 0 Å². The molecule has 3 rings (SSSR count). The number of ether oxygens (including phenoxy) is 2. The van der Waals surface area contributed by atoms with E-state index >= 15 is 19.2 Å². The lowest BCUT2D eigenvalue weighted by atomic mass is 9.95. The van der Waals surface area contributed by atoms with Crippen molar-refractivity contribution >= 4 is 93.0 Å². The third-order valence-corrected chi connectivity index (χ3v) is 17.2. The Balaban J connectivity index is 2.53. The number of carbonyl (C=O) groups excluding carboxylic acids is 13. The molecule has 0 saturated carbocycles. The number of sulfonamides is 1. The molecule has 2 aromatic carbocycles. The Kier molecular flexibility index (Phi) is 35.1. The molecular formula is C65H102N16O20S. The molecule has 568 valence electrons. The lowest BCUT2D eigenvalue weighted by Crippen LogP contribution is -2.64. The Labute approximate surface area is 592 Å². The number of nitrogens with two attached hydrogens (primary N) is 4. The lowest BCUT2D eigenvalue weighted by molar-refractivity contribution is -0.159. The number of esters is 1. The molecule has 2 aromatic rings. The molecule has 1 saturated heterocycles. The van der Waals surface area contributed by atoms with Crippen LogP contribution in [0, 0.1) is 29.6 Å². The molecule has 1 aliphatic heterocycles. The van der Waals surface area contributed by atoms with Crippen LogP contribution >= 0.6 is 0 Å². The predicted molar refractivity (Wildman–Crippen MR) is 367 cm³/mol. The molecule has 1 aliphatic rings. The van der Waals surface area contributed by atoms with E-state index in [9.17, 15) is 66.9 Å². The number of benzene rings is 2. The van der Waals surface area contributed by atoms with Gasteiger partial charge in [-0.05, 0) is 86.3 Å². The second-order valence-electron chi connectivity index (χ2n) is 26.4. The van der Waals surface area contributed by atoms with Crippen LogP contribution in [0.2, 0.25) is 0 Å². The molecule has 1 fully saturated rings. The average molecular weight is 1460 g/mol. The molecule has 102 heavy (non-hydrogen) atoms. The molecule has 36 nitrogen and oxygen atoms in total. The number of carbonyl (C=O) groups is 13. The van der Waals surface area contributed by atoms with E-state index in [1.165, 1.54) is 62.4 Å². The minimum absolute atomic E-state index is 0.0115. The Morgan fingerprint density at radius 1 is 0.637 bits per heavy atom. The van der Waals surface area contributed by atoms with Crippen LogP contribution < -0.4 is 80.8 Å². The van der Waals surface area contributed by atoms with Crippen LogP contribution in [0.5, 0.6) is 0 Å². The van der Waals surface area contributed by atoms with Crippen LogP contribution in [-0.2, 0) is 77.0 Å². The summed E-state index contributed by atoms with van der Waals surface area (Å²) in [4.78, 5) is 190. The smallest absolute Gasteiger partial charge is 0.421 e. The van der Waals surface area contributed by atoms with Crippen molar-refractivity contribution < 1.29 is 95.5 Å². The first-order valence-corrected chi connectivity index (χ1v) is 34.8. The average Bonchev–Trinajstić information content (AvgIpc) is 0.811. The van der Waals surface area contributed by atoms with Crippen LogP contribution in [0.3, 0.4) is 0 Å². The van der Waals surface area contributed by atoms with E-state index in [4.69, 9.17) is 32.4 Å². The van der Waals surface area contributed by atoms with Gasteiger partial charge in [-0.2, -0.15) is 0 Å². The standard InChI is InChI=1S/C65H102N16O20S/c1-12-35(10)45-59(92)78-46(36(11)82)58(91)71-29-44(83)76-48(51(85)53(67)86)61(94)75-43(30-100-65(97)81-102(98,99)38-22-17-14-18-23-38)63(96)101-52(37-20-15-13-16-21-37)49(80-57(90)42(28-33(6)7)73-54(87)39(66)26-31(2)3)62(95)79-47(50(84)34(8)9)60(93)74-41(27-32(4)5)56(89)72-40(55(88)77-45)24-19-25-70-64(68)69/h13-18,20-23,31-36,39-43,45-52,82,84-85H,12,19,24-30,66H2,1-11H3,(H2,67,86)(H,71,91)(H,72,89)(H,73,87)(H,74,93)(H,75,94)(H,76,83)(H,77,88)(H,78,92)(H,79,95)(H,80,90)(H,81,97)(H4,68,69,70)/t35-,36-,39+,40+,41-,42-,43-,45-,46-,47-,48-,49-,50+,51-,52+/m0/s1. The maximum atomic E-state index is 15.7. The molecule has 1 heterocycles. The van der Waals surface area contributed by atoms with Gasteiger partial charge < -0.3 is 101 Å². The number of aliphatic hydroxyl groups is 3. The molecule has 0 radical (unpaired) electrons. The van der Waals surface area contributed by atoms with Gasteiger partial charge in [-0.15, -0.1) is 0 Å². The largest absolute Gasteiger partial charge is 0.453 e. The summed E-state index contributed by atoms with van der Waals surface area (Å²) in [7, 11) is -4.74. The highest BCUT2D eigenvalue weighted by molar-refractivity contribution is 7.90. The summed E-state index contributed by atoms with van der Waals surface area (Å²) in [6.07, 6.45) is -10.6. The Hall–Kier alpha value is -9.59. The monoisotopic (exact) mass is 1460 g/mol. The third kappa shape index (κ3) is 28.1. The molecule has 0 unspecified atom stereocenters. The van der Waals surface area contributed by atoms with Crippen molar-refractivity contribution in [3.05, 3.63) is 66.2 Å². The van der Waals surface area contributed by atoms with E-state index < -0.39 is 214 Å². The van der Waals surface area contributed by atoms with Crippen molar-refractivity contribution in [3.63, 3.8) is 0 Å². The summed E-state index contributed by atoms with van der Waals surface area (Å²) in [6.45, 7) is 14.8. The van der Waals surface area contributed by atoms with Crippen molar-refractivity contribution in [1.82, 2.24) is 57.9 Å². The van der Waals surface area contributed by atoms with Gasteiger partial charge in [0.1, 0.15) is 54.9 Å². The van der Waals surface area contributed by atoms with Gasteiger partial charge in [-0.25, -0.2) is 22.7 Å². The van der Waals surface area contributed by atoms with Crippen LogP contribution in [-0.4, -0.2) is 205 Å². The molecule has 22 N–H and O–H groups in total. The number of hydrogen-bond donors (Lipinski definition) is 18. The first kappa shape index (κ1) is 86.6. The molecular weight excluding hydrogens is 1360 g/mol. The number of cyclic esters (lactones) is 1. The van der Waals surface area contributed by atoms with Crippen molar-refractivity contribution in [3.8, 4) is 0 Å². The second kappa shape index (κ2) is 41.4. The second-order valence-corrected chi connectivity index (χ2v) is 28.1. The predicted octanol–water partition coefficient (Wildman–Crippen LogP) is -4.31.